The van der Waals surface area contributed by atoms with Crippen molar-refractivity contribution in [3.05, 3.63) is 0 Å². The molecule has 0 fully saturated rings. The van der Waals surface area contributed by atoms with Gasteiger partial charge in [-0.15, -0.1) is 0 Å². The second kappa shape index (κ2) is 6.95. The van der Waals surface area contributed by atoms with Crippen molar-refractivity contribution in [2.45, 2.75) is 31.3 Å². The first-order valence-corrected chi connectivity index (χ1v) is 5.43. The van der Waals surface area contributed by atoms with Crippen molar-refractivity contribution in [3.63, 3.8) is 0 Å². The summed E-state index contributed by atoms with van der Waals surface area (Å²) in [5.41, 5.74) is 0. The molecule has 3 heteroatoms. The zero-order valence-corrected chi connectivity index (χ0v) is 7.05. The second-order valence-corrected chi connectivity index (χ2v) is 5.96. The van der Waals surface area contributed by atoms with Crippen LogP contribution >= 0.6 is 0 Å². The molecule has 0 bridgehead atoms. The van der Waals surface area contributed by atoms with E-state index in [1.807, 2.05) is 0 Å². The fourth-order valence-corrected chi connectivity index (χ4v) is 2.59. The molecule has 0 amide bonds. The first-order chi connectivity index (χ1) is 3.72. The van der Waals surface area contributed by atoms with Gasteiger partial charge in [-0.05, 0) is 6.92 Å². The molecule has 0 radical (unpaired) electrons. The molecule has 0 N–H and O–H groups in total. The Morgan fingerprint density at radius 2 is 1.67 bits per heavy atom. The monoisotopic (exact) mass is 200 g/mol. The van der Waals surface area contributed by atoms with Crippen LogP contribution in [0.5, 0.6) is 0 Å². The van der Waals surface area contributed by atoms with Crippen molar-refractivity contribution in [1.82, 2.24) is 0 Å². The van der Waals surface area contributed by atoms with Crippen LogP contribution in [0.25, 0.3) is 0 Å². The van der Waals surface area contributed by atoms with Gasteiger partial charge in [0.2, 0.25) is 0 Å². The van der Waals surface area contributed by atoms with Gasteiger partial charge in [0.25, 0.3) is 0 Å². The van der Waals surface area contributed by atoms with E-state index in [2.05, 4.69) is 13.8 Å². The number of rotatable bonds is 3. The number of carbonyl (C=O) groups excluding carboxylic acids is 1. The van der Waals surface area contributed by atoms with E-state index in [0.717, 1.165) is 10.6 Å². The summed E-state index contributed by atoms with van der Waals surface area (Å²) in [6.07, 6.45) is 0. The van der Waals surface area contributed by atoms with Gasteiger partial charge in [0.15, 0.2) is 0 Å². The average molecular weight is 201 g/mol. The van der Waals surface area contributed by atoms with Gasteiger partial charge in [-0.3, -0.25) is 0 Å². The zero-order chi connectivity index (χ0) is 6.57. The molecule has 0 heterocycles. The second-order valence-electron chi connectivity index (χ2n) is 2.12. The summed E-state index contributed by atoms with van der Waals surface area (Å²) in [6.45, 7) is 5.95. The molecule has 0 aliphatic rings. The Hall–Kier alpha value is 0.839. The summed E-state index contributed by atoms with van der Waals surface area (Å²) in [7, 11) is 0. The molecule has 0 atom stereocenters. The molecule has 0 aromatic heterocycles. The Morgan fingerprint density at radius 3 is 1.67 bits per heavy atom. The van der Waals surface area contributed by atoms with Crippen LogP contribution in [0.3, 0.4) is 0 Å². The normalized spacial score (nSPS) is 7.89. The molecule has 0 saturated heterocycles. The molecule has 0 unspecified atom stereocenters. The SMILES string of the molecule is C[CH2][Al]([CH2]C)[C](C)=O.[GaH3]. The van der Waals surface area contributed by atoms with Crippen LogP contribution in [0, 0.1) is 0 Å². The van der Waals surface area contributed by atoms with Gasteiger partial charge in [0, 0.05) is 4.65 Å². The van der Waals surface area contributed by atoms with Gasteiger partial charge in [0.1, 0.15) is 0 Å². The van der Waals surface area contributed by atoms with Gasteiger partial charge in [-0.2, -0.15) is 0 Å². The fraction of sp³-hybridized carbons (Fsp3) is 0.833. The van der Waals surface area contributed by atoms with Crippen LogP contribution in [0.1, 0.15) is 20.8 Å². The molecule has 0 aromatic rings. The van der Waals surface area contributed by atoms with Gasteiger partial charge in [0.05, 0.1) is 0 Å². The zero-order valence-electron chi connectivity index (χ0n) is 5.90. The Labute approximate surface area is 74.7 Å². The van der Waals surface area contributed by atoms with E-state index in [1.165, 1.54) is 0 Å². The van der Waals surface area contributed by atoms with Crippen molar-refractivity contribution in [3.8, 4) is 0 Å². The first kappa shape index (κ1) is 12.5. The van der Waals surface area contributed by atoms with E-state index in [9.17, 15) is 4.79 Å². The van der Waals surface area contributed by atoms with E-state index in [4.69, 9.17) is 0 Å². The van der Waals surface area contributed by atoms with E-state index in [1.54, 1.807) is 6.92 Å². The van der Waals surface area contributed by atoms with E-state index < -0.39 is 14.1 Å². The summed E-state index contributed by atoms with van der Waals surface area (Å²) >= 11 is -0.904. The molecular formula is C6H16AlGaO. The van der Waals surface area contributed by atoms with E-state index in [0.29, 0.717) is 4.65 Å². The van der Waals surface area contributed by atoms with Gasteiger partial charge >= 0.3 is 33.9 Å². The van der Waals surface area contributed by atoms with Gasteiger partial charge in [-0.25, -0.2) is 0 Å². The van der Waals surface area contributed by atoms with Crippen molar-refractivity contribution in [2.24, 2.45) is 0 Å². The van der Waals surface area contributed by atoms with Crippen LogP contribution in [-0.4, -0.2) is 38.6 Å². The minimum absolute atomic E-state index is 0. The molecular weight excluding hydrogens is 185 g/mol. The Kier molecular flexibility index (Phi) is 9.66. The standard InChI is InChI=1S/C2H3O.2C2H5.Al.Ga.3H/c1-2-3;2*1-2;;;;;/h1H3;2*1H2,2H3;;;;;. The average Bonchev–Trinajstić information content (AvgIpc) is 1.69. The predicted octanol–water partition coefficient (Wildman–Crippen LogP) is 0.465. The Balaban J connectivity index is 0. The predicted molar refractivity (Wildman–Crippen MR) is 47.3 cm³/mol. The topological polar surface area (TPSA) is 17.1 Å². The maximum absolute atomic E-state index is 10.7. The van der Waals surface area contributed by atoms with E-state index >= 15 is 0 Å². The van der Waals surface area contributed by atoms with Crippen LogP contribution in [0.4, 0.5) is 0 Å². The molecule has 0 aliphatic heterocycles. The first-order valence-electron chi connectivity index (χ1n) is 3.22. The molecule has 0 aliphatic carbocycles. The minimum atomic E-state index is -0.904. The number of hydrogen-bond acceptors (Lipinski definition) is 1. The van der Waals surface area contributed by atoms with Crippen LogP contribution in [0.15, 0.2) is 0 Å². The number of carbonyl (C=O) groups is 1. The summed E-state index contributed by atoms with van der Waals surface area (Å²) in [5, 5.41) is 2.26. The van der Waals surface area contributed by atoms with Crippen LogP contribution in [0.2, 0.25) is 10.6 Å². The summed E-state index contributed by atoms with van der Waals surface area (Å²) < 4.78 is 0.468. The van der Waals surface area contributed by atoms with Gasteiger partial charge < -0.3 is 4.79 Å². The summed E-state index contributed by atoms with van der Waals surface area (Å²) in [4.78, 5) is 10.7. The van der Waals surface area contributed by atoms with Crippen molar-refractivity contribution >= 4 is 38.6 Å². The Morgan fingerprint density at radius 1 is 1.33 bits per heavy atom. The van der Waals surface area contributed by atoms with Crippen LogP contribution < -0.4 is 0 Å². The molecule has 0 aromatic carbocycles. The Bertz CT molecular complexity index is 81.1. The van der Waals surface area contributed by atoms with Crippen molar-refractivity contribution in [2.75, 3.05) is 0 Å². The van der Waals surface area contributed by atoms with Crippen LogP contribution in [-0.2, 0) is 4.79 Å². The molecule has 0 saturated carbocycles. The quantitative estimate of drug-likeness (QED) is 0.606. The summed E-state index contributed by atoms with van der Waals surface area (Å²) in [5.74, 6) is 0. The van der Waals surface area contributed by atoms with Crippen molar-refractivity contribution < 1.29 is 4.79 Å². The molecule has 52 valence electrons. The number of hydrogen-bond donors (Lipinski definition) is 0. The molecule has 1 nitrogen and oxygen atoms in total. The molecule has 0 spiro atoms. The maximum atomic E-state index is 10.7. The fourth-order valence-electron chi connectivity index (χ4n) is 0.864. The van der Waals surface area contributed by atoms with E-state index in [-0.39, 0.29) is 19.8 Å². The third-order valence-corrected chi connectivity index (χ3v) is 4.68. The van der Waals surface area contributed by atoms with Gasteiger partial charge in [-0.1, -0.05) is 24.4 Å². The van der Waals surface area contributed by atoms with Crippen molar-refractivity contribution in [1.29, 1.82) is 0 Å². The summed E-state index contributed by atoms with van der Waals surface area (Å²) in [6, 6.07) is 0. The third-order valence-electron chi connectivity index (χ3n) is 1.56. The third kappa shape index (κ3) is 5.29. The molecule has 0 rings (SSSR count). The molecule has 9 heavy (non-hydrogen) atoms.